The maximum Gasteiger partial charge on any atom is 0.356 e. The summed E-state index contributed by atoms with van der Waals surface area (Å²) in [5.74, 6) is -1.02. The van der Waals surface area contributed by atoms with Gasteiger partial charge in [0.1, 0.15) is 6.10 Å². The van der Waals surface area contributed by atoms with Crippen LogP contribution in [0.25, 0.3) is 0 Å². The number of benzene rings is 1. The molecule has 1 N–H and O–H groups in total. The molecule has 5 nitrogen and oxygen atoms in total. The Morgan fingerprint density at radius 1 is 1.42 bits per heavy atom. The van der Waals surface area contributed by atoms with Gasteiger partial charge < -0.3 is 9.84 Å². The van der Waals surface area contributed by atoms with E-state index >= 15 is 0 Å². The molecular weight excluding hydrogens is 268 g/mol. The van der Waals surface area contributed by atoms with Crippen LogP contribution in [0, 0.1) is 0 Å². The van der Waals surface area contributed by atoms with Crippen molar-refractivity contribution >= 4 is 17.6 Å². The lowest BCUT2D eigenvalue weighted by molar-refractivity contribution is -0.00123. The molecule has 0 fully saturated rings. The topological polar surface area (TPSA) is 64.3 Å². The molecule has 2 heterocycles. The van der Waals surface area contributed by atoms with Crippen LogP contribution in [0.2, 0.25) is 5.02 Å². The third-order valence-electron chi connectivity index (χ3n) is 3.10. The number of ether oxygens (including phenoxy) is 1. The molecule has 1 aromatic carbocycles. The first-order chi connectivity index (χ1) is 9.13. The first kappa shape index (κ1) is 12.2. The standard InChI is InChI=1S/C13H11ClN2O3/c14-9-3-1-8(2-4-9)12-6-16-10(7-19-12)5-11(15-16)13(17)18/h1-5,12H,6-7H2,(H,17,18). The van der Waals surface area contributed by atoms with Crippen LogP contribution >= 0.6 is 11.6 Å². The molecule has 1 aliphatic heterocycles. The Hall–Kier alpha value is -1.85. The molecule has 1 aromatic heterocycles. The van der Waals surface area contributed by atoms with Gasteiger partial charge in [-0.1, -0.05) is 23.7 Å². The van der Waals surface area contributed by atoms with E-state index in [0.717, 1.165) is 11.3 Å². The highest BCUT2D eigenvalue weighted by atomic mass is 35.5. The summed E-state index contributed by atoms with van der Waals surface area (Å²) in [4.78, 5) is 10.9. The van der Waals surface area contributed by atoms with E-state index in [2.05, 4.69) is 5.10 Å². The molecule has 0 bridgehead atoms. The van der Waals surface area contributed by atoms with E-state index in [1.54, 1.807) is 10.7 Å². The number of aromatic nitrogens is 2. The maximum absolute atomic E-state index is 10.9. The van der Waals surface area contributed by atoms with Crippen molar-refractivity contribution in [3.63, 3.8) is 0 Å². The third-order valence-corrected chi connectivity index (χ3v) is 3.35. The van der Waals surface area contributed by atoms with Gasteiger partial charge in [-0.2, -0.15) is 5.10 Å². The Morgan fingerprint density at radius 2 is 2.16 bits per heavy atom. The minimum absolute atomic E-state index is 0.0513. The van der Waals surface area contributed by atoms with Crippen LogP contribution in [-0.4, -0.2) is 20.9 Å². The Bertz CT molecular complexity index is 621. The summed E-state index contributed by atoms with van der Waals surface area (Å²) in [5, 5.41) is 13.6. The van der Waals surface area contributed by atoms with Crippen LogP contribution < -0.4 is 0 Å². The number of hydrogen-bond donors (Lipinski definition) is 1. The third kappa shape index (κ3) is 2.34. The van der Waals surface area contributed by atoms with Gasteiger partial charge in [-0.25, -0.2) is 4.79 Å². The van der Waals surface area contributed by atoms with E-state index in [-0.39, 0.29) is 11.8 Å². The van der Waals surface area contributed by atoms with Gasteiger partial charge in [0.25, 0.3) is 0 Å². The molecule has 6 heteroatoms. The molecule has 0 saturated heterocycles. The number of aromatic carboxylic acids is 1. The zero-order chi connectivity index (χ0) is 13.4. The number of rotatable bonds is 2. The molecule has 0 amide bonds. The van der Waals surface area contributed by atoms with Crippen molar-refractivity contribution in [1.29, 1.82) is 0 Å². The maximum atomic E-state index is 10.9. The molecule has 2 aromatic rings. The highest BCUT2D eigenvalue weighted by molar-refractivity contribution is 6.30. The largest absolute Gasteiger partial charge is 0.476 e. The normalized spacial score (nSPS) is 18.1. The Balaban J connectivity index is 1.85. The minimum Gasteiger partial charge on any atom is -0.476 e. The average Bonchev–Trinajstić information content (AvgIpc) is 2.82. The van der Waals surface area contributed by atoms with E-state index in [1.807, 2.05) is 24.3 Å². The van der Waals surface area contributed by atoms with Crippen molar-refractivity contribution in [2.45, 2.75) is 19.3 Å². The Kier molecular flexibility index (Phi) is 3.00. The van der Waals surface area contributed by atoms with Crippen LogP contribution in [0.1, 0.15) is 27.8 Å². The fraction of sp³-hybridized carbons (Fsp3) is 0.231. The van der Waals surface area contributed by atoms with Crippen LogP contribution in [0.15, 0.2) is 30.3 Å². The van der Waals surface area contributed by atoms with Crippen LogP contribution in [0.4, 0.5) is 0 Å². The second-order valence-electron chi connectivity index (χ2n) is 4.36. The van der Waals surface area contributed by atoms with Gasteiger partial charge in [0.2, 0.25) is 0 Å². The van der Waals surface area contributed by atoms with Crippen molar-refractivity contribution in [1.82, 2.24) is 9.78 Å². The van der Waals surface area contributed by atoms with E-state index < -0.39 is 5.97 Å². The fourth-order valence-electron chi connectivity index (χ4n) is 2.11. The molecule has 0 aliphatic carbocycles. The predicted octanol–water partition coefficient (Wildman–Crippen LogP) is 2.51. The first-order valence-corrected chi connectivity index (χ1v) is 6.18. The van der Waals surface area contributed by atoms with Gasteiger partial charge in [0, 0.05) is 5.02 Å². The van der Waals surface area contributed by atoms with Crippen molar-refractivity contribution in [3.05, 3.63) is 52.3 Å². The average molecular weight is 279 g/mol. The predicted molar refractivity (Wildman–Crippen MR) is 68.2 cm³/mol. The smallest absolute Gasteiger partial charge is 0.356 e. The summed E-state index contributed by atoms with van der Waals surface area (Å²) in [7, 11) is 0. The van der Waals surface area contributed by atoms with E-state index in [0.29, 0.717) is 18.2 Å². The number of hydrogen-bond acceptors (Lipinski definition) is 3. The quantitative estimate of drug-likeness (QED) is 0.917. The van der Waals surface area contributed by atoms with Gasteiger partial charge in [-0.3, -0.25) is 4.68 Å². The second-order valence-corrected chi connectivity index (χ2v) is 4.80. The number of carboxylic acid groups (broad SMARTS) is 1. The highest BCUT2D eigenvalue weighted by Crippen LogP contribution is 2.27. The second kappa shape index (κ2) is 4.68. The molecule has 0 spiro atoms. The zero-order valence-corrected chi connectivity index (χ0v) is 10.7. The van der Waals surface area contributed by atoms with Gasteiger partial charge in [0.05, 0.1) is 18.8 Å². The van der Waals surface area contributed by atoms with Gasteiger partial charge in [-0.15, -0.1) is 0 Å². The summed E-state index contributed by atoms with van der Waals surface area (Å²) in [5.41, 5.74) is 1.83. The van der Waals surface area contributed by atoms with Crippen molar-refractivity contribution in [3.8, 4) is 0 Å². The number of halogens is 1. The summed E-state index contributed by atoms with van der Waals surface area (Å²) in [6, 6.07) is 8.96. The minimum atomic E-state index is -1.02. The Labute approximate surface area is 114 Å². The van der Waals surface area contributed by atoms with E-state index in [4.69, 9.17) is 21.4 Å². The SMILES string of the molecule is O=C(O)c1cc2n(n1)CC(c1ccc(Cl)cc1)OC2. The number of nitrogens with zero attached hydrogens (tertiary/aromatic N) is 2. The number of fused-ring (bicyclic) bond motifs is 1. The Morgan fingerprint density at radius 3 is 2.84 bits per heavy atom. The van der Waals surface area contributed by atoms with Crippen molar-refractivity contribution in [2.24, 2.45) is 0 Å². The van der Waals surface area contributed by atoms with Gasteiger partial charge in [0.15, 0.2) is 5.69 Å². The van der Waals surface area contributed by atoms with Crippen LogP contribution in [0.3, 0.4) is 0 Å². The molecule has 3 rings (SSSR count). The lowest BCUT2D eigenvalue weighted by Gasteiger charge is -2.24. The number of carboxylic acids is 1. The van der Waals surface area contributed by atoms with Crippen LogP contribution in [-0.2, 0) is 17.9 Å². The molecule has 1 atom stereocenters. The molecule has 0 radical (unpaired) electrons. The lowest BCUT2D eigenvalue weighted by atomic mass is 10.1. The fourth-order valence-corrected chi connectivity index (χ4v) is 2.24. The summed E-state index contributed by atoms with van der Waals surface area (Å²) in [6.45, 7) is 0.859. The van der Waals surface area contributed by atoms with E-state index in [1.165, 1.54) is 0 Å². The van der Waals surface area contributed by atoms with Crippen molar-refractivity contribution < 1.29 is 14.6 Å². The molecular formula is C13H11ClN2O3. The summed E-state index contributed by atoms with van der Waals surface area (Å²) in [6.07, 6.45) is -0.133. The lowest BCUT2D eigenvalue weighted by Crippen LogP contribution is -2.21. The summed E-state index contributed by atoms with van der Waals surface area (Å²) >= 11 is 5.85. The van der Waals surface area contributed by atoms with Gasteiger partial charge >= 0.3 is 5.97 Å². The van der Waals surface area contributed by atoms with Crippen LogP contribution in [0.5, 0.6) is 0 Å². The van der Waals surface area contributed by atoms with E-state index in [9.17, 15) is 4.79 Å². The molecule has 19 heavy (non-hydrogen) atoms. The first-order valence-electron chi connectivity index (χ1n) is 5.80. The highest BCUT2D eigenvalue weighted by Gasteiger charge is 2.23. The number of carbonyl (C=O) groups is 1. The molecule has 1 aliphatic rings. The zero-order valence-electron chi connectivity index (χ0n) is 9.91. The van der Waals surface area contributed by atoms with Gasteiger partial charge in [-0.05, 0) is 23.8 Å². The van der Waals surface area contributed by atoms with Crippen molar-refractivity contribution in [2.75, 3.05) is 0 Å². The molecule has 98 valence electrons. The molecule has 1 unspecified atom stereocenters. The summed E-state index contributed by atoms with van der Waals surface area (Å²) < 4.78 is 7.41. The molecule has 0 saturated carbocycles. The monoisotopic (exact) mass is 278 g/mol.